The minimum absolute atomic E-state index is 0.428. The molecule has 1 aliphatic rings. The second-order valence-corrected chi connectivity index (χ2v) is 5.51. The molecule has 17 heavy (non-hydrogen) atoms. The van der Waals surface area contributed by atoms with Crippen LogP contribution in [0.4, 0.5) is 0 Å². The molecule has 0 saturated heterocycles. The average Bonchev–Trinajstić information content (AvgIpc) is 3.13. The van der Waals surface area contributed by atoms with E-state index in [0.29, 0.717) is 6.04 Å². The van der Waals surface area contributed by atoms with Crippen molar-refractivity contribution in [3.63, 3.8) is 0 Å². The monoisotopic (exact) mass is 232 g/mol. The van der Waals surface area contributed by atoms with Crippen molar-refractivity contribution in [2.45, 2.75) is 52.0 Å². The standard InChI is InChI=1S/C15H24N2/c1-11-3-4-14(9-12(11)2)10-15(17-16)8-7-13-5-6-13/h3-4,9,13,15,17H,5-8,10,16H2,1-2H3. The summed E-state index contributed by atoms with van der Waals surface area (Å²) in [5.74, 6) is 6.64. The maximum absolute atomic E-state index is 5.65. The average molecular weight is 232 g/mol. The Kier molecular flexibility index (Phi) is 4.19. The maximum Gasteiger partial charge on any atom is 0.0251 e. The largest absolute Gasteiger partial charge is 0.271 e. The second kappa shape index (κ2) is 5.65. The number of hydrazine groups is 1. The third-order valence-corrected chi connectivity index (χ3v) is 3.91. The molecule has 0 heterocycles. The van der Waals surface area contributed by atoms with Gasteiger partial charge in [-0.25, -0.2) is 0 Å². The van der Waals surface area contributed by atoms with Crippen molar-refractivity contribution in [3.05, 3.63) is 34.9 Å². The Morgan fingerprint density at radius 1 is 1.29 bits per heavy atom. The van der Waals surface area contributed by atoms with E-state index in [9.17, 15) is 0 Å². The quantitative estimate of drug-likeness (QED) is 0.584. The normalized spacial score (nSPS) is 17.1. The van der Waals surface area contributed by atoms with E-state index in [1.54, 1.807) is 0 Å². The molecule has 1 unspecified atom stereocenters. The molecule has 0 bridgehead atoms. The van der Waals surface area contributed by atoms with Gasteiger partial charge >= 0.3 is 0 Å². The number of benzene rings is 1. The predicted octanol–water partition coefficient (Wildman–Crippen LogP) is 2.87. The zero-order valence-corrected chi connectivity index (χ0v) is 11.0. The van der Waals surface area contributed by atoms with Crippen molar-refractivity contribution >= 4 is 0 Å². The molecule has 3 N–H and O–H groups in total. The van der Waals surface area contributed by atoms with Crippen LogP contribution in [0.15, 0.2) is 18.2 Å². The molecule has 2 nitrogen and oxygen atoms in total. The van der Waals surface area contributed by atoms with Gasteiger partial charge in [0.2, 0.25) is 0 Å². The first-order valence-electron chi connectivity index (χ1n) is 6.71. The predicted molar refractivity (Wildman–Crippen MR) is 72.7 cm³/mol. The SMILES string of the molecule is Cc1ccc(CC(CCC2CC2)NN)cc1C. The van der Waals surface area contributed by atoms with Crippen molar-refractivity contribution in [1.82, 2.24) is 5.43 Å². The van der Waals surface area contributed by atoms with Crippen LogP contribution in [-0.2, 0) is 6.42 Å². The molecule has 0 amide bonds. The van der Waals surface area contributed by atoms with E-state index in [4.69, 9.17) is 5.84 Å². The molecule has 1 aliphatic carbocycles. The first-order chi connectivity index (χ1) is 8.19. The fraction of sp³-hybridized carbons (Fsp3) is 0.600. The summed E-state index contributed by atoms with van der Waals surface area (Å²) in [5, 5.41) is 0. The lowest BCUT2D eigenvalue weighted by Crippen LogP contribution is -2.36. The van der Waals surface area contributed by atoms with Crippen molar-refractivity contribution in [3.8, 4) is 0 Å². The van der Waals surface area contributed by atoms with Crippen molar-refractivity contribution < 1.29 is 0 Å². The topological polar surface area (TPSA) is 38.0 Å². The molecule has 0 aliphatic heterocycles. The molecule has 2 heteroatoms. The molecule has 1 atom stereocenters. The highest BCUT2D eigenvalue weighted by atomic mass is 15.2. The summed E-state index contributed by atoms with van der Waals surface area (Å²) in [4.78, 5) is 0. The number of nitrogens with two attached hydrogens (primary N) is 1. The highest BCUT2D eigenvalue weighted by Gasteiger charge is 2.22. The Morgan fingerprint density at radius 3 is 2.65 bits per heavy atom. The van der Waals surface area contributed by atoms with Crippen LogP contribution in [0.3, 0.4) is 0 Å². The van der Waals surface area contributed by atoms with Crippen LogP contribution in [0.5, 0.6) is 0 Å². The summed E-state index contributed by atoms with van der Waals surface area (Å²) < 4.78 is 0. The van der Waals surface area contributed by atoms with Gasteiger partial charge in [-0.05, 0) is 55.7 Å². The molecule has 0 spiro atoms. The smallest absolute Gasteiger partial charge is 0.0251 e. The van der Waals surface area contributed by atoms with Crippen LogP contribution in [0.2, 0.25) is 0 Å². The maximum atomic E-state index is 5.65. The molecular weight excluding hydrogens is 208 g/mol. The van der Waals surface area contributed by atoms with Gasteiger partial charge in [-0.2, -0.15) is 0 Å². The summed E-state index contributed by atoms with van der Waals surface area (Å²) in [6, 6.07) is 7.15. The molecule has 2 rings (SSSR count). The lowest BCUT2D eigenvalue weighted by molar-refractivity contribution is 0.462. The lowest BCUT2D eigenvalue weighted by Gasteiger charge is -2.16. The summed E-state index contributed by atoms with van der Waals surface area (Å²) in [5.41, 5.74) is 7.10. The summed E-state index contributed by atoms with van der Waals surface area (Å²) in [6.07, 6.45) is 6.44. The number of hydrogen-bond acceptors (Lipinski definition) is 2. The highest BCUT2D eigenvalue weighted by molar-refractivity contribution is 5.30. The number of hydrogen-bond donors (Lipinski definition) is 2. The van der Waals surface area contributed by atoms with Crippen LogP contribution in [-0.4, -0.2) is 6.04 Å². The van der Waals surface area contributed by atoms with Crippen molar-refractivity contribution in [2.24, 2.45) is 11.8 Å². The number of nitrogens with one attached hydrogen (secondary N) is 1. The molecule has 1 fully saturated rings. The van der Waals surface area contributed by atoms with Gasteiger partial charge in [0.05, 0.1) is 0 Å². The van der Waals surface area contributed by atoms with Crippen LogP contribution in [0.25, 0.3) is 0 Å². The van der Waals surface area contributed by atoms with E-state index in [0.717, 1.165) is 12.3 Å². The fourth-order valence-corrected chi connectivity index (χ4v) is 2.30. The van der Waals surface area contributed by atoms with Gasteiger partial charge in [0.15, 0.2) is 0 Å². The van der Waals surface area contributed by atoms with E-state index in [1.807, 2.05) is 0 Å². The van der Waals surface area contributed by atoms with Crippen LogP contribution in [0.1, 0.15) is 42.4 Å². The Balaban J connectivity index is 1.89. The third kappa shape index (κ3) is 3.83. The van der Waals surface area contributed by atoms with E-state index in [-0.39, 0.29) is 0 Å². The van der Waals surface area contributed by atoms with Gasteiger partial charge in [-0.15, -0.1) is 0 Å². The van der Waals surface area contributed by atoms with Gasteiger partial charge in [-0.1, -0.05) is 31.0 Å². The summed E-state index contributed by atoms with van der Waals surface area (Å²) >= 11 is 0. The summed E-state index contributed by atoms with van der Waals surface area (Å²) in [6.45, 7) is 4.33. The van der Waals surface area contributed by atoms with Crippen LogP contribution in [0, 0.1) is 19.8 Å². The van der Waals surface area contributed by atoms with Crippen LogP contribution < -0.4 is 11.3 Å². The fourth-order valence-electron chi connectivity index (χ4n) is 2.30. The van der Waals surface area contributed by atoms with Gasteiger partial charge in [0.1, 0.15) is 0 Å². The zero-order valence-electron chi connectivity index (χ0n) is 11.0. The minimum atomic E-state index is 0.428. The summed E-state index contributed by atoms with van der Waals surface area (Å²) in [7, 11) is 0. The highest BCUT2D eigenvalue weighted by Crippen LogP contribution is 2.34. The van der Waals surface area contributed by atoms with E-state index < -0.39 is 0 Å². The first-order valence-corrected chi connectivity index (χ1v) is 6.71. The molecule has 0 aromatic heterocycles. The van der Waals surface area contributed by atoms with Crippen LogP contribution >= 0.6 is 0 Å². The number of rotatable bonds is 6. The van der Waals surface area contributed by atoms with Gasteiger partial charge in [-0.3, -0.25) is 11.3 Å². The third-order valence-electron chi connectivity index (χ3n) is 3.91. The Hall–Kier alpha value is -0.860. The molecule has 1 aromatic rings. The molecule has 1 saturated carbocycles. The molecule has 1 aromatic carbocycles. The van der Waals surface area contributed by atoms with Crippen molar-refractivity contribution in [1.29, 1.82) is 0 Å². The van der Waals surface area contributed by atoms with E-state index in [2.05, 4.69) is 37.5 Å². The molecule has 94 valence electrons. The number of aryl methyl sites for hydroxylation is 2. The van der Waals surface area contributed by atoms with E-state index in [1.165, 1.54) is 42.4 Å². The molecular formula is C15H24N2. The zero-order chi connectivity index (χ0) is 12.3. The Bertz CT molecular complexity index is 369. The second-order valence-electron chi connectivity index (χ2n) is 5.51. The Morgan fingerprint density at radius 2 is 2.06 bits per heavy atom. The van der Waals surface area contributed by atoms with Gasteiger partial charge in [0.25, 0.3) is 0 Å². The minimum Gasteiger partial charge on any atom is -0.271 e. The van der Waals surface area contributed by atoms with Gasteiger partial charge in [0, 0.05) is 6.04 Å². The Labute approximate surface area is 105 Å². The lowest BCUT2D eigenvalue weighted by atomic mass is 9.98. The van der Waals surface area contributed by atoms with Crippen molar-refractivity contribution in [2.75, 3.05) is 0 Å². The first kappa shape index (κ1) is 12.6. The molecule has 0 radical (unpaired) electrons. The van der Waals surface area contributed by atoms with Gasteiger partial charge < -0.3 is 0 Å². The van der Waals surface area contributed by atoms with E-state index >= 15 is 0 Å².